The Morgan fingerprint density at radius 3 is 2.56 bits per heavy atom. The molecule has 2 aliphatic rings. The molecule has 4 heteroatoms. The van der Waals surface area contributed by atoms with Gasteiger partial charge in [0, 0.05) is 23.7 Å². The summed E-state index contributed by atoms with van der Waals surface area (Å²) in [6, 6.07) is 6.64. The molecule has 0 spiro atoms. The second-order valence-electron chi connectivity index (χ2n) is 5.34. The molecule has 18 heavy (non-hydrogen) atoms. The second kappa shape index (κ2) is 4.35. The van der Waals surface area contributed by atoms with Gasteiger partial charge < -0.3 is 10.6 Å². The van der Waals surface area contributed by atoms with Gasteiger partial charge in [0.1, 0.15) is 5.82 Å². The number of hydrogen-bond donors (Lipinski definition) is 1. The molecule has 2 atom stereocenters. The minimum atomic E-state index is -0.359. The van der Waals surface area contributed by atoms with Crippen LogP contribution in [0, 0.1) is 5.82 Å². The highest BCUT2D eigenvalue weighted by molar-refractivity contribution is 5.95. The van der Waals surface area contributed by atoms with E-state index in [1.165, 1.54) is 12.1 Å². The maximum atomic E-state index is 13.2. The van der Waals surface area contributed by atoms with Crippen molar-refractivity contribution in [1.82, 2.24) is 4.90 Å². The highest BCUT2D eigenvalue weighted by Crippen LogP contribution is 2.36. The summed E-state index contributed by atoms with van der Waals surface area (Å²) in [6.07, 6.45) is 3.80. The molecule has 1 aromatic rings. The summed E-state index contributed by atoms with van der Waals surface area (Å²) in [5, 5.41) is 0. The summed E-state index contributed by atoms with van der Waals surface area (Å²) in [4.78, 5) is 14.4. The molecule has 2 heterocycles. The Labute approximate surface area is 106 Å². The van der Waals surface area contributed by atoms with Crippen molar-refractivity contribution < 1.29 is 9.18 Å². The number of fused-ring (bicyclic) bond motifs is 2. The molecule has 96 valence electrons. The lowest BCUT2D eigenvalue weighted by molar-refractivity contribution is 0.0574. The van der Waals surface area contributed by atoms with Gasteiger partial charge in [-0.3, -0.25) is 4.79 Å². The fourth-order valence-electron chi connectivity index (χ4n) is 3.32. The van der Waals surface area contributed by atoms with Crippen LogP contribution in [0.15, 0.2) is 24.3 Å². The van der Waals surface area contributed by atoms with E-state index in [2.05, 4.69) is 0 Å². The average molecular weight is 248 g/mol. The first-order valence-corrected chi connectivity index (χ1v) is 6.49. The Morgan fingerprint density at radius 2 is 1.94 bits per heavy atom. The van der Waals surface area contributed by atoms with Crippen molar-refractivity contribution in [2.24, 2.45) is 5.73 Å². The lowest BCUT2D eigenvalue weighted by Gasteiger charge is -2.37. The van der Waals surface area contributed by atoms with E-state index in [1.807, 2.05) is 4.90 Å². The number of carbonyl (C=O) groups excluding carboxylic acids is 1. The summed E-state index contributed by atoms with van der Waals surface area (Å²) in [5.41, 5.74) is 6.43. The molecular formula is C14H17FN2O. The van der Waals surface area contributed by atoms with Gasteiger partial charge in [-0.05, 0) is 43.9 Å². The summed E-state index contributed by atoms with van der Waals surface area (Å²) in [6.45, 7) is 0. The van der Waals surface area contributed by atoms with Gasteiger partial charge in [-0.25, -0.2) is 4.39 Å². The van der Waals surface area contributed by atoms with Crippen LogP contribution in [0.25, 0.3) is 0 Å². The van der Waals surface area contributed by atoms with E-state index in [9.17, 15) is 9.18 Å². The number of halogens is 1. The molecule has 1 aromatic carbocycles. The Morgan fingerprint density at radius 1 is 1.28 bits per heavy atom. The first-order chi connectivity index (χ1) is 8.65. The van der Waals surface area contributed by atoms with Gasteiger partial charge in [-0.2, -0.15) is 0 Å². The van der Waals surface area contributed by atoms with E-state index >= 15 is 0 Å². The van der Waals surface area contributed by atoms with Crippen LogP contribution in [0.1, 0.15) is 36.0 Å². The fourth-order valence-corrected chi connectivity index (χ4v) is 3.32. The SMILES string of the molecule is NC1CC2CCC(C1)N2C(=O)c1cccc(F)c1. The molecule has 2 bridgehead atoms. The number of benzene rings is 1. The topological polar surface area (TPSA) is 46.3 Å². The van der Waals surface area contributed by atoms with Crippen molar-refractivity contribution in [2.45, 2.75) is 43.8 Å². The van der Waals surface area contributed by atoms with Crippen LogP contribution in [0.3, 0.4) is 0 Å². The number of amides is 1. The highest BCUT2D eigenvalue weighted by Gasteiger charge is 2.42. The molecule has 0 aliphatic carbocycles. The molecule has 2 saturated heterocycles. The molecule has 2 aliphatic heterocycles. The van der Waals surface area contributed by atoms with E-state index in [4.69, 9.17) is 5.73 Å². The maximum Gasteiger partial charge on any atom is 0.254 e. The third kappa shape index (κ3) is 1.90. The summed E-state index contributed by atoms with van der Waals surface area (Å²) in [7, 11) is 0. The zero-order valence-corrected chi connectivity index (χ0v) is 10.2. The van der Waals surface area contributed by atoms with E-state index in [0.29, 0.717) is 5.56 Å². The Kier molecular flexibility index (Phi) is 2.82. The molecular weight excluding hydrogens is 231 g/mol. The van der Waals surface area contributed by atoms with Crippen LogP contribution in [-0.4, -0.2) is 28.9 Å². The number of nitrogens with two attached hydrogens (primary N) is 1. The lowest BCUT2D eigenvalue weighted by atomic mass is 9.97. The minimum Gasteiger partial charge on any atom is -0.333 e. The van der Waals surface area contributed by atoms with Gasteiger partial charge in [0.15, 0.2) is 0 Å². The molecule has 0 aromatic heterocycles. The first-order valence-electron chi connectivity index (χ1n) is 6.49. The molecule has 2 unspecified atom stereocenters. The van der Waals surface area contributed by atoms with Gasteiger partial charge >= 0.3 is 0 Å². The zero-order valence-electron chi connectivity index (χ0n) is 10.2. The predicted octanol–water partition coefficient (Wildman–Crippen LogP) is 1.92. The normalized spacial score (nSPS) is 30.6. The van der Waals surface area contributed by atoms with Gasteiger partial charge in [-0.1, -0.05) is 6.07 Å². The number of nitrogens with zero attached hydrogens (tertiary/aromatic N) is 1. The van der Waals surface area contributed by atoms with Crippen molar-refractivity contribution in [3.05, 3.63) is 35.6 Å². The molecule has 2 N–H and O–H groups in total. The third-order valence-electron chi connectivity index (χ3n) is 4.08. The van der Waals surface area contributed by atoms with Gasteiger partial charge in [0.2, 0.25) is 0 Å². The average Bonchev–Trinajstić information content (AvgIpc) is 2.61. The van der Waals surface area contributed by atoms with Crippen LogP contribution in [-0.2, 0) is 0 Å². The van der Waals surface area contributed by atoms with Crippen molar-refractivity contribution in [3.8, 4) is 0 Å². The minimum absolute atomic E-state index is 0.0473. The number of hydrogen-bond acceptors (Lipinski definition) is 2. The Bertz CT molecular complexity index is 463. The van der Waals surface area contributed by atoms with Gasteiger partial charge in [0.25, 0.3) is 5.91 Å². The Hall–Kier alpha value is -1.42. The van der Waals surface area contributed by atoms with Crippen molar-refractivity contribution in [1.29, 1.82) is 0 Å². The van der Waals surface area contributed by atoms with E-state index in [1.54, 1.807) is 12.1 Å². The largest absolute Gasteiger partial charge is 0.333 e. The Balaban J connectivity index is 1.85. The lowest BCUT2D eigenvalue weighted by Crippen LogP contribution is -2.50. The number of piperidine rings is 1. The molecule has 2 fully saturated rings. The van der Waals surface area contributed by atoms with Crippen LogP contribution in [0.5, 0.6) is 0 Å². The summed E-state index contributed by atoms with van der Waals surface area (Å²) < 4.78 is 13.2. The van der Waals surface area contributed by atoms with Crippen LogP contribution < -0.4 is 5.73 Å². The molecule has 1 amide bonds. The maximum absolute atomic E-state index is 13.2. The zero-order chi connectivity index (χ0) is 12.7. The van der Waals surface area contributed by atoms with Gasteiger partial charge in [-0.15, -0.1) is 0 Å². The standard InChI is InChI=1S/C14H17FN2O/c15-10-3-1-2-9(6-10)14(18)17-12-4-5-13(17)8-11(16)7-12/h1-3,6,11-13H,4-5,7-8,16H2. The molecule has 0 saturated carbocycles. The molecule has 3 rings (SSSR count). The van der Waals surface area contributed by atoms with E-state index in [0.717, 1.165) is 25.7 Å². The fraction of sp³-hybridized carbons (Fsp3) is 0.500. The van der Waals surface area contributed by atoms with E-state index < -0.39 is 0 Å². The van der Waals surface area contributed by atoms with Crippen LogP contribution in [0.4, 0.5) is 4.39 Å². The first kappa shape index (κ1) is 11.7. The molecule has 3 nitrogen and oxygen atoms in total. The third-order valence-corrected chi connectivity index (χ3v) is 4.08. The highest BCUT2D eigenvalue weighted by atomic mass is 19.1. The second-order valence-corrected chi connectivity index (χ2v) is 5.34. The summed E-state index contributed by atoms with van der Waals surface area (Å²) in [5.74, 6) is -0.407. The number of rotatable bonds is 1. The van der Waals surface area contributed by atoms with Crippen molar-refractivity contribution in [2.75, 3.05) is 0 Å². The van der Waals surface area contributed by atoms with Gasteiger partial charge in [0.05, 0.1) is 0 Å². The van der Waals surface area contributed by atoms with E-state index in [-0.39, 0.29) is 29.8 Å². The van der Waals surface area contributed by atoms with Crippen molar-refractivity contribution >= 4 is 5.91 Å². The monoisotopic (exact) mass is 248 g/mol. The summed E-state index contributed by atoms with van der Waals surface area (Å²) >= 11 is 0. The molecule has 0 radical (unpaired) electrons. The number of carbonyl (C=O) groups is 1. The van der Waals surface area contributed by atoms with Crippen molar-refractivity contribution in [3.63, 3.8) is 0 Å². The predicted molar refractivity (Wildman–Crippen MR) is 66.6 cm³/mol. The van der Waals surface area contributed by atoms with Crippen LogP contribution in [0.2, 0.25) is 0 Å². The quantitative estimate of drug-likeness (QED) is 0.825. The smallest absolute Gasteiger partial charge is 0.254 e. The van der Waals surface area contributed by atoms with Crippen LogP contribution >= 0.6 is 0 Å².